The largest absolute Gasteiger partial charge is 0.392 e. The summed E-state index contributed by atoms with van der Waals surface area (Å²) in [5.41, 5.74) is 2.04. The van der Waals surface area contributed by atoms with E-state index in [2.05, 4.69) is 32.1 Å². The first kappa shape index (κ1) is 16.3. The standard InChI is InChI=1S/C15H26N2OS/c1-5-7-13-8-12(10-18)9-15(16-13)17(3)14(6-2)11-19-4/h8-9,14,18H,5-7,10-11H2,1-4H3. The predicted molar refractivity (Wildman–Crippen MR) is 85.0 cm³/mol. The molecule has 19 heavy (non-hydrogen) atoms. The second kappa shape index (κ2) is 8.43. The molecule has 1 aromatic heterocycles. The third-order valence-electron chi connectivity index (χ3n) is 3.35. The third-order valence-corrected chi connectivity index (χ3v) is 4.07. The van der Waals surface area contributed by atoms with Crippen molar-refractivity contribution >= 4 is 17.6 Å². The van der Waals surface area contributed by atoms with Gasteiger partial charge in [-0.3, -0.25) is 0 Å². The smallest absolute Gasteiger partial charge is 0.129 e. The van der Waals surface area contributed by atoms with Gasteiger partial charge in [-0.1, -0.05) is 20.3 Å². The lowest BCUT2D eigenvalue weighted by atomic mass is 10.1. The number of aromatic nitrogens is 1. The molecule has 0 aliphatic rings. The molecule has 108 valence electrons. The Kier molecular flexibility index (Phi) is 7.24. The first-order valence-electron chi connectivity index (χ1n) is 6.98. The lowest BCUT2D eigenvalue weighted by Crippen LogP contribution is -2.34. The summed E-state index contributed by atoms with van der Waals surface area (Å²) in [7, 11) is 2.10. The van der Waals surface area contributed by atoms with Crippen molar-refractivity contribution in [2.24, 2.45) is 0 Å². The second-order valence-electron chi connectivity index (χ2n) is 4.86. The van der Waals surface area contributed by atoms with Crippen molar-refractivity contribution in [2.45, 2.75) is 45.8 Å². The highest BCUT2D eigenvalue weighted by molar-refractivity contribution is 7.98. The molecule has 1 N–H and O–H groups in total. The van der Waals surface area contributed by atoms with E-state index >= 15 is 0 Å². The summed E-state index contributed by atoms with van der Waals surface area (Å²) in [6, 6.07) is 4.50. The van der Waals surface area contributed by atoms with Crippen molar-refractivity contribution < 1.29 is 5.11 Å². The molecule has 1 atom stereocenters. The number of nitrogens with zero attached hydrogens (tertiary/aromatic N) is 2. The van der Waals surface area contributed by atoms with Crippen LogP contribution in [0, 0.1) is 0 Å². The molecule has 1 unspecified atom stereocenters. The van der Waals surface area contributed by atoms with Crippen molar-refractivity contribution in [1.29, 1.82) is 0 Å². The van der Waals surface area contributed by atoms with Crippen LogP contribution in [-0.4, -0.2) is 35.2 Å². The topological polar surface area (TPSA) is 36.4 Å². The highest BCUT2D eigenvalue weighted by atomic mass is 32.2. The van der Waals surface area contributed by atoms with Crippen LogP contribution in [0.2, 0.25) is 0 Å². The molecule has 0 aliphatic heterocycles. The number of thioether (sulfide) groups is 1. The fraction of sp³-hybridized carbons (Fsp3) is 0.667. The fourth-order valence-electron chi connectivity index (χ4n) is 2.17. The molecular weight excluding hydrogens is 256 g/mol. The number of aryl methyl sites for hydroxylation is 1. The molecule has 0 saturated heterocycles. The zero-order valence-corrected chi connectivity index (χ0v) is 13.3. The molecule has 0 saturated carbocycles. The van der Waals surface area contributed by atoms with E-state index in [1.54, 1.807) is 0 Å². The Morgan fingerprint density at radius 1 is 1.37 bits per heavy atom. The van der Waals surface area contributed by atoms with Crippen molar-refractivity contribution in [3.8, 4) is 0 Å². The SMILES string of the molecule is CCCc1cc(CO)cc(N(C)C(CC)CSC)n1. The Morgan fingerprint density at radius 3 is 2.63 bits per heavy atom. The highest BCUT2D eigenvalue weighted by Gasteiger charge is 2.15. The Balaban J connectivity index is 2.99. The molecule has 0 fully saturated rings. The second-order valence-corrected chi connectivity index (χ2v) is 5.77. The summed E-state index contributed by atoms with van der Waals surface area (Å²) in [5.74, 6) is 2.08. The minimum atomic E-state index is 0.0827. The summed E-state index contributed by atoms with van der Waals surface area (Å²) < 4.78 is 0. The van der Waals surface area contributed by atoms with Crippen LogP contribution in [0.4, 0.5) is 5.82 Å². The number of hydrogen-bond donors (Lipinski definition) is 1. The normalized spacial score (nSPS) is 12.5. The molecule has 0 radical (unpaired) electrons. The lowest BCUT2D eigenvalue weighted by Gasteiger charge is -2.28. The van der Waals surface area contributed by atoms with Gasteiger partial charge < -0.3 is 10.0 Å². The van der Waals surface area contributed by atoms with Crippen LogP contribution < -0.4 is 4.90 Å². The average molecular weight is 282 g/mol. The summed E-state index contributed by atoms with van der Waals surface area (Å²) in [6.07, 6.45) is 5.28. The minimum absolute atomic E-state index is 0.0827. The molecule has 3 nitrogen and oxygen atoms in total. The number of aliphatic hydroxyl groups is 1. The van der Waals surface area contributed by atoms with E-state index in [0.717, 1.165) is 42.1 Å². The summed E-state index contributed by atoms with van der Waals surface area (Å²) >= 11 is 1.86. The van der Waals surface area contributed by atoms with Gasteiger partial charge in [0.25, 0.3) is 0 Å². The molecule has 0 amide bonds. The van der Waals surface area contributed by atoms with Crippen LogP contribution in [0.3, 0.4) is 0 Å². The fourth-order valence-corrected chi connectivity index (χ4v) is 3.02. The van der Waals surface area contributed by atoms with Crippen molar-refractivity contribution in [3.63, 3.8) is 0 Å². The van der Waals surface area contributed by atoms with E-state index in [9.17, 15) is 5.11 Å². The van der Waals surface area contributed by atoms with Crippen LogP contribution in [0.15, 0.2) is 12.1 Å². The van der Waals surface area contributed by atoms with Crippen LogP contribution in [0.25, 0.3) is 0 Å². The van der Waals surface area contributed by atoms with E-state index in [1.807, 2.05) is 23.9 Å². The molecule has 1 aromatic rings. The maximum atomic E-state index is 9.39. The van der Waals surface area contributed by atoms with E-state index in [-0.39, 0.29) is 6.61 Å². The quantitative estimate of drug-likeness (QED) is 0.795. The van der Waals surface area contributed by atoms with Gasteiger partial charge in [0.15, 0.2) is 0 Å². The average Bonchev–Trinajstić information content (AvgIpc) is 2.44. The van der Waals surface area contributed by atoms with Gasteiger partial charge in [-0.15, -0.1) is 0 Å². The Morgan fingerprint density at radius 2 is 2.11 bits per heavy atom. The number of rotatable bonds is 8. The molecule has 1 rings (SSSR count). The molecule has 1 heterocycles. The molecule has 0 spiro atoms. The molecular formula is C15H26N2OS. The first-order valence-corrected chi connectivity index (χ1v) is 8.38. The molecule has 0 aliphatic carbocycles. The minimum Gasteiger partial charge on any atom is -0.392 e. The zero-order chi connectivity index (χ0) is 14.3. The van der Waals surface area contributed by atoms with Crippen molar-refractivity contribution in [1.82, 2.24) is 4.98 Å². The van der Waals surface area contributed by atoms with Gasteiger partial charge in [0.05, 0.1) is 6.61 Å². The highest BCUT2D eigenvalue weighted by Crippen LogP contribution is 2.20. The number of hydrogen-bond acceptors (Lipinski definition) is 4. The molecule has 0 bridgehead atoms. The Labute approximate surface area is 121 Å². The van der Waals surface area contributed by atoms with Gasteiger partial charge in [-0.2, -0.15) is 11.8 Å². The van der Waals surface area contributed by atoms with Gasteiger partial charge in [0, 0.05) is 24.5 Å². The summed E-state index contributed by atoms with van der Waals surface area (Å²) in [6.45, 7) is 4.44. The Hall–Kier alpha value is -0.740. The maximum Gasteiger partial charge on any atom is 0.129 e. The van der Waals surface area contributed by atoms with Crippen LogP contribution >= 0.6 is 11.8 Å². The van der Waals surface area contributed by atoms with Gasteiger partial charge >= 0.3 is 0 Å². The first-order chi connectivity index (χ1) is 9.15. The monoisotopic (exact) mass is 282 g/mol. The summed E-state index contributed by atoms with van der Waals surface area (Å²) in [4.78, 5) is 6.97. The maximum absolute atomic E-state index is 9.39. The number of anilines is 1. The van der Waals surface area contributed by atoms with Crippen molar-refractivity contribution in [2.75, 3.05) is 24.0 Å². The lowest BCUT2D eigenvalue weighted by molar-refractivity contribution is 0.281. The van der Waals surface area contributed by atoms with Gasteiger partial charge in [0.2, 0.25) is 0 Å². The molecule has 0 aromatic carbocycles. The van der Waals surface area contributed by atoms with Crippen LogP contribution in [-0.2, 0) is 13.0 Å². The van der Waals surface area contributed by atoms with E-state index in [4.69, 9.17) is 4.98 Å². The zero-order valence-electron chi connectivity index (χ0n) is 12.5. The van der Waals surface area contributed by atoms with E-state index in [0.29, 0.717) is 6.04 Å². The number of aliphatic hydroxyl groups excluding tert-OH is 1. The van der Waals surface area contributed by atoms with E-state index < -0.39 is 0 Å². The van der Waals surface area contributed by atoms with Gasteiger partial charge in [-0.05, 0) is 36.8 Å². The summed E-state index contributed by atoms with van der Waals surface area (Å²) in [5, 5.41) is 9.39. The number of pyridine rings is 1. The van der Waals surface area contributed by atoms with Crippen molar-refractivity contribution in [3.05, 3.63) is 23.4 Å². The van der Waals surface area contributed by atoms with Gasteiger partial charge in [0.1, 0.15) is 5.82 Å². The van der Waals surface area contributed by atoms with Crippen LogP contribution in [0.5, 0.6) is 0 Å². The predicted octanol–water partition coefficient (Wildman–Crippen LogP) is 3.10. The third kappa shape index (κ3) is 4.69. The molecule has 4 heteroatoms. The van der Waals surface area contributed by atoms with Gasteiger partial charge in [-0.25, -0.2) is 4.98 Å². The Bertz CT molecular complexity index is 384. The van der Waals surface area contributed by atoms with E-state index in [1.165, 1.54) is 0 Å². The van der Waals surface area contributed by atoms with Crippen LogP contribution in [0.1, 0.15) is 37.9 Å².